The zero-order valence-corrected chi connectivity index (χ0v) is 19.1. The smallest absolute Gasteiger partial charge is 0.308 e. The van der Waals surface area contributed by atoms with E-state index in [0.717, 1.165) is 16.8 Å². The molecule has 2 aliphatic heterocycles. The van der Waals surface area contributed by atoms with Gasteiger partial charge in [-0.3, -0.25) is 9.69 Å². The number of fused-ring (bicyclic) bond motifs is 2. The summed E-state index contributed by atoms with van der Waals surface area (Å²) in [6.45, 7) is 2.98. The Morgan fingerprint density at radius 1 is 1.09 bits per heavy atom. The summed E-state index contributed by atoms with van der Waals surface area (Å²) in [5, 5.41) is 3.46. The van der Waals surface area contributed by atoms with Gasteiger partial charge in [0.15, 0.2) is 4.87 Å². The van der Waals surface area contributed by atoms with Crippen molar-refractivity contribution in [2.24, 2.45) is 0 Å². The number of nitrogens with zero attached hydrogens (tertiary/aromatic N) is 2. The van der Waals surface area contributed by atoms with Gasteiger partial charge in [-0.25, -0.2) is 4.79 Å². The predicted molar refractivity (Wildman–Crippen MR) is 130 cm³/mol. The number of rotatable bonds is 3. The Morgan fingerprint density at radius 2 is 1.88 bits per heavy atom. The van der Waals surface area contributed by atoms with Crippen LogP contribution in [-0.2, 0) is 16.2 Å². The van der Waals surface area contributed by atoms with E-state index in [4.69, 9.17) is 11.6 Å². The molecule has 3 aromatic rings. The molecule has 5 rings (SSSR count). The second kappa shape index (κ2) is 8.19. The number of hydrogen-bond donors (Lipinski definition) is 1. The largest absolute Gasteiger partial charge is 0.323 e. The molecule has 2 aliphatic rings. The quantitative estimate of drug-likeness (QED) is 0.547. The molecule has 3 amide bonds. The number of thioether (sulfide) groups is 1. The van der Waals surface area contributed by atoms with Gasteiger partial charge in [0, 0.05) is 28.6 Å². The minimum Gasteiger partial charge on any atom is -0.308 e. The van der Waals surface area contributed by atoms with Gasteiger partial charge in [0.25, 0.3) is 5.91 Å². The number of benzene rings is 3. The zero-order valence-electron chi connectivity index (χ0n) is 17.5. The third-order valence-electron chi connectivity index (χ3n) is 5.88. The first-order valence-corrected chi connectivity index (χ1v) is 11.8. The Labute approximate surface area is 196 Å². The van der Waals surface area contributed by atoms with Crippen molar-refractivity contribution in [2.45, 2.75) is 18.3 Å². The van der Waals surface area contributed by atoms with Crippen molar-refractivity contribution in [3.63, 3.8) is 0 Å². The van der Waals surface area contributed by atoms with Gasteiger partial charge in [0.1, 0.15) is 0 Å². The standard InChI is InChI=1S/C25H22ClN3O2S/c1-17-9-11-18(12-10-17)16-28-22-8-3-2-7-21(22)25(23(28)30)29(13-14-32-25)24(31)27-20-6-4-5-19(26)15-20/h2-12,15H,13-14,16H2,1H3,(H,27,31)/t25-/m1/s1. The number of hydrogen-bond acceptors (Lipinski definition) is 3. The Kier molecular flexibility index (Phi) is 5.35. The van der Waals surface area contributed by atoms with E-state index in [0.29, 0.717) is 29.6 Å². The number of halogens is 1. The van der Waals surface area contributed by atoms with Crippen LogP contribution in [0.25, 0.3) is 0 Å². The topological polar surface area (TPSA) is 52.7 Å². The average Bonchev–Trinajstić information content (AvgIpc) is 3.33. The van der Waals surface area contributed by atoms with Crippen LogP contribution in [-0.4, -0.2) is 29.1 Å². The molecule has 0 aliphatic carbocycles. The van der Waals surface area contributed by atoms with Crippen LogP contribution in [0.4, 0.5) is 16.2 Å². The number of carbonyl (C=O) groups is 2. The first-order chi connectivity index (χ1) is 15.5. The van der Waals surface area contributed by atoms with Crippen LogP contribution in [0.1, 0.15) is 16.7 Å². The summed E-state index contributed by atoms with van der Waals surface area (Å²) in [7, 11) is 0. The molecule has 162 valence electrons. The van der Waals surface area contributed by atoms with Crippen molar-refractivity contribution in [1.29, 1.82) is 0 Å². The Hall–Kier alpha value is -2.96. The second-order valence-corrected chi connectivity index (χ2v) is 9.70. The van der Waals surface area contributed by atoms with E-state index in [1.165, 1.54) is 17.3 Å². The Balaban J connectivity index is 1.50. The molecule has 2 heterocycles. The first kappa shape index (κ1) is 20.9. The van der Waals surface area contributed by atoms with Gasteiger partial charge >= 0.3 is 6.03 Å². The van der Waals surface area contributed by atoms with Crippen LogP contribution in [0.5, 0.6) is 0 Å². The highest BCUT2D eigenvalue weighted by atomic mass is 35.5. The molecule has 1 saturated heterocycles. The molecule has 0 bridgehead atoms. The summed E-state index contributed by atoms with van der Waals surface area (Å²) in [5.74, 6) is 0.601. The minimum absolute atomic E-state index is 0.0805. The van der Waals surface area contributed by atoms with E-state index in [1.807, 2.05) is 55.5 Å². The molecule has 1 fully saturated rings. The highest BCUT2D eigenvalue weighted by molar-refractivity contribution is 8.01. The van der Waals surface area contributed by atoms with E-state index in [-0.39, 0.29) is 11.9 Å². The van der Waals surface area contributed by atoms with Crippen LogP contribution in [0, 0.1) is 6.92 Å². The van der Waals surface area contributed by atoms with Crippen molar-refractivity contribution in [3.8, 4) is 0 Å². The van der Waals surface area contributed by atoms with Gasteiger partial charge in [0.05, 0.1) is 12.2 Å². The predicted octanol–water partition coefficient (Wildman–Crippen LogP) is 5.63. The van der Waals surface area contributed by atoms with Crippen molar-refractivity contribution >= 4 is 46.7 Å². The third-order valence-corrected chi connectivity index (χ3v) is 7.54. The monoisotopic (exact) mass is 463 g/mol. The van der Waals surface area contributed by atoms with Crippen LogP contribution >= 0.6 is 23.4 Å². The summed E-state index contributed by atoms with van der Waals surface area (Å²) in [5.41, 5.74) is 4.54. The van der Waals surface area contributed by atoms with E-state index in [9.17, 15) is 9.59 Å². The number of aryl methyl sites for hydroxylation is 1. The molecule has 0 saturated carbocycles. The van der Waals surface area contributed by atoms with E-state index >= 15 is 0 Å². The zero-order chi connectivity index (χ0) is 22.3. The number of urea groups is 1. The number of anilines is 2. The van der Waals surface area contributed by atoms with Crippen molar-refractivity contribution in [3.05, 3.63) is 94.5 Å². The normalized spacial score (nSPS) is 19.5. The van der Waals surface area contributed by atoms with Crippen LogP contribution in [0.15, 0.2) is 72.8 Å². The first-order valence-electron chi connectivity index (χ1n) is 10.4. The summed E-state index contributed by atoms with van der Waals surface area (Å²) in [6.07, 6.45) is 0. The Morgan fingerprint density at radius 3 is 2.66 bits per heavy atom. The van der Waals surface area contributed by atoms with Gasteiger partial charge in [-0.1, -0.05) is 65.7 Å². The fraction of sp³-hybridized carbons (Fsp3) is 0.200. The van der Waals surface area contributed by atoms with Crippen molar-refractivity contribution < 1.29 is 9.59 Å². The molecule has 32 heavy (non-hydrogen) atoms. The van der Waals surface area contributed by atoms with Crippen LogP contribution in [0.3, 0.4) is 0 Å². The van der Waals surface area contributed by atoms with Gasteiger partial charge in [-0.2, -0.15) is 0 Å². The lowest BCUT2D eigenvalue weighted by molar-refractivity contribution is -0.123. The van der Waals surface area contributed by atoms with Crippen LogP contribution < -0.4 is 10.2 Å². The summed E-state index contributed by atoms with van der Waals surface area (Å²) < 4.78 is 0. The van der Waals surface area contributed by atoms with Crippen molar-refractivity contribution in [2.75, 3.05) is 22.5 Å². The van der Waals surface area contributed by atoms with Gasteiger partial charge in [-0.15, -0.1) is 11.8 Å². The van der Waals surface area contributed by atoms with E-state index in [1.54, 1.807) is 34.1 Å². The van der Waals surface area contributed by atoms with E-state index < -0.39 is 4.87 Å². The molecule has 0 aromatic heterocycles. The molecular formula is C25H22ClN3O2S. The minimum atomic E-state index is -1.07. The second-order valence-electron chi connectivity index (χ2n) is 7.98. The summed E-state index contributed by atoms with van der Waals surface area (Å²) in [6, 6.07) is 22.7. The molecule has 3 aromatic carbocycles. The molecule has 7 heteroatoms. The van der Waals surface area contributed by atoms with E-state index in [2.05, 4.69) is 5.32 Å². The van der Waals surface area contributed by atoms with Crippen molar-refractivity contribution in [1.82, 2.24) is 4.90 Å². The van der Waals surface area contributed by atoms with Gasteiger partial charge in [0.2, 0.25) is 0 Å². The van der Waals surface area contributed by atoms with Gasteiger partial charge < -0.3 is 10.2 Å². The Bertz CT molecular complexity index is 1200. The maximum absolute atomic E-state index is 13.9. The summed E-state index contributed by atoms with van der Waals surface area (Å²) in [4.78, 5) is 29.7. The summed E-state index contributed by atoms with van der Waals surface area (Å²) >= 11 is 7.59. The lowest BCUT2D eigenvalue weighted by Crippen LogP contribution is -2.51. The molecule has 1 atom stereocenters. The maximum Gasteiger partial charge on any atom is 0.323 e. The SMILES string of the molecule is Cc1ccc(CN2C(=O)[C@]3(SCCN3C(=O)Nc3cccc(Cl)c3)c3ccccc32)cc1. The molecule has 1 spiro atoms. The molecule has 1 N–H and O–H groups in total. The highest BCUT2D eigenvalue weighted by Gasteiger charge is 2.59. The van der Waals surface area contributed by atoms with Crippen LogP contribution in [0.2, 0.25) is 5.02 Å². The maximum atomic E-state index is 13.9. The number of carbonyl (C=O) groups excluding carboxylic acids is 2. The number of nitrogens with one attached hydrogen (secondary N) is 1. The average molecular weight is 464 g/mol. The fourth-order valence-electron chi connectivity index (χ4n) is 4.36. The lowest BCUT2D eigenvalue weighted by atomic mass is 10.1. The molecule has 0 unspecified atom stereocenters. The number of para-hydroxylation sites is 1. The molecular weight excluding hydrogens is 442 g/mol. The lowest BCUT2D eigenvalue weighted by Gasteiger charge is -2.33. The molecule has 0 radical (unpaired) electrons. The number of amides is 3. The fourth-order valence-corrected chi connectivity index (χ4v) is 6.01. The highest BCUT2D eigenvalue weighted by Crippen LogP contribution is 2.54. The molecule has 5 nitrogen and oxygen atoms in total. The third kappa shape index (κ3) is 3.44. The van der Waals surface area contributed by atoms with Gasteiger partial charge in [-0.05, 0) is 36.8 Å².